The zero-order valence-corrected chi connectivity index (χ0v) is 15.9. The van der Waals surface area contributed by atoms with Gasteiger partial charge in [0.05, 0.1) is 19.9 Å². The van der Waals surface area contributed by atoms with Crippen LogP contribution in [-0.2, 0) is 17.9 Å². The molecule has 1 amide bonds. The maximum Gasteiger partial charge on any atom is 0.262 e. The van der Waals surface area contributed by atoms with Gasteiger partial charge in [0.1, 0.15) is 35.5 Å². The molecule has 0 radical (unpaired) electrons. The molecule has 0 aliphatic carbocycles. The molecule has 0 atom stereocenters. The van der Waals surface area contributed by atoms with Crippen LogP contribution in [0.5, 0.6) is 11.5 Å². The number of amides is 1. The second kappa shape index (κ2) is 9.81. The van der Waals surface area contributed by atoms with E-state index >= 15 is 0 Å². The molecular formula is C23H20N2O4. The van der Waals surface area contributed by atoms with E-state index in [1.54, 1.807) is 43.5 Å². The highest BCUT2D eigenvalue weighted by Gasteiger charge is 2.09. The Morgan fingerprint density at radius 1 is 1.10 bits per heavy atom. The van der Waals surface area contributed by atoms with E-state index < -0.39 is 5.91 Å². The zero-order valence-electron chi connectivity index (χ0n) is 15.9. The van der Waals surface area contributed by atoms with Crippen molar-refractivity contribution in [3.8, 4) is 17.6 Å². The molecule has 1 heterocycles. The molecule has 0 aliphatic heterocycles. The van der Waals surface area contributed by atoms with Crippen LogP contribution >= 0.6 is 0 Å². The Morgan fingerprint density at radius 3 is 2.45 bits per heavy atom. The standard InChI is InChI=1S/C23H20N2O4/c1-27-20-8-6-18(7-9-20)16-29-21-10-4-17(5-11-21)13-19(14-24)23(26)25-15-22-3-2-12-28-22/h2-13H,15-16H2,1H3,(H,25,26)/b19-13+. The predicted molar refractivity (Wildman–Crippen MR) is 108 cm³/mol. The number of methoxy groups -OCH3 is 1. The number of furan rings is 1. The van der Waals surface area contributed by atoms with Crippen molar-refractivity contribution in [2.75, 3.05) is 7.11 Å². The van der Waals surface area contributed by atoms with Crippen LogP contribution in [0.1, 0.15) is 16.9 Å². The van der Waals surface area contributed by atoms with Crippen molar-refractivity contribution in [3.63, 3.8) is 0 Å². The summed E-state index contributed by atoms with van der Waals surface area (Å²) in [6.45, 7) is 0.654. The topological polar surface area (TPSA) is 84.5 Å². The molecule has 0 spiro atoms. The van der Waals surface area contributed by atoms with Crippen LogP contribution in [0.4, 0.5) is 0 Å². The first-order chi connectivity index (χ1) is 14.2. The van der Waals surface area contributed by atoms with Crippen molar-refractivity contribution in [1.29, 1.82) is 5.26 Å². The fraction of sp³-hybridized carbons (Fsp3) is 0.130. The second-order valence-electron chi connectivity index (χ2n) is 6.14. The van der Waals surface area contributed by atoms with Crippen molar-refractivity contribution in [2.45, 2.75) is 13.2 Å². The SMILES string of the molecule is COc1ccc(COc2ccc(/C=C(\C#N)C(=O)NCc3ccco3)cc2)cc1. The molecule has 29 heavy (non-hydrogen) atoms. The van der Waals surface area contributed by atoms with Gasteiger partial charge in [0.2, 0.25) is 0 Å². The second-order valence-corrected chi connectivity index (χ2v) is 6.14. The van der Waals surface area contributed by atoms with Crippen molar-refractivity contribution >= 4 is 12.0 Å². The van der Waals surface area contributed by atoms with Crippen LogP contribution < -0.4 is 14.8 Å². The molecule has 0 aliphatic rings. The number of carbonyl (C=O) groups is 1. The van der Waals surface area contributed by atoms with Crippen LogP contribution in [0, 0.1) is 11.3 Å². The summed E-state index contributed by atoms with van der Waals surface area (Å²) in [5.41, 5.74) is 1.77. The van der Waals surface area contributed by atoms with Gasteiger partial charge in [-0.1, -0.05) is 24.3 Å². The minimum absolute atomic E-state index is 0.0171. The monoisotopic (exact) mass is 388 g/mol. The average molecular weight is 388 g/mol. The van der Waals surface area contributed by atoms with Gasteiger partial charge in [-0.25, -0.2) is 0 Å². The van der Waals surface area contributed by atoms with E-state index in [4.69, 9.17) is 13.9 Å². The molecule has 6 heteroatoms. The van der Waals surface area contributed by atoms with Crippen LogP contribution in [0.15, 0.2) is 76.9 Å². The molecule has 3 rings (SSSR count). The molecule has 1 aromatic heterocycles. The summed E-state index contributed by atoms with van der Waals surface area (Å²) >= 11 is 0. The quantitative estimate of drug-likeness (QED) is 0.464. The molecule has 146 valence electrons. The highest BCUT2D eigenvalue weighted by Crippen LogP contribution is 2.17. The lowest BCUT2D eigenvalue weighted by atomic mass is 10.1. The van der Waals surface area contributed by atoms with Crippen LogP contribution in [0.3, 0.4) is 0 Å². The van der Waals surface area contributed by atoms with Crippen LogP contribution in [-0.4, -0.2) is 13.0 Å². The molecule has 2 aromatic carbocycles. The zero-order chi connectivity index (χ0) is 20.5. The van der Waals surface area contributed by atoms with E-state index in [-0.39, 0.29) is 12.1 Å². The summed E-state index contributed by atoms with van der Waals surface area (Å²) in [7, 11) is 1.63. The van der Waals surface area contributed by atoms with E-state index in [0.717, 1.165) is 16.9 Å². The Bertz CT molecular complexity index is 999. The first-order valence-corrected chi connectivity index (χ1v) is 8.96. The third-order valence-electron chi connectivity index (χ3n) is 4.12. The first kappa shape index (κ1) is 19.8. The number of benzene rings is 2. The summed E-state index contributed by atoms with van der Waals surface area (Å²) < 4.78 is 16.1. The van der Waals surface area contributed by atoms with E-state index in [0.29, 0.717) is 18.1 Å². The molecule has 3 aromatic rings. The van der Waals surface area contributed by atoms with Gasteiger partial charge < -0.3 is 19.2 Å². The maximum atomic E-state index is 12.2. The van der Waals surface area contributed by atoms with Gasteiger partial charge in [0, 0.05) is 0 Å². The summed E-state index contributed by atoms with van der Waals surface area (Å²) in [5.74, 6) is 1.66. The largest absolute Gasteiger partial charge is 0.497 e. The lowest BCUT2D eigenvalue weighted by molar-refractivity contribution is -0.117. The lowest BCUT2D eigenvalue weighted by Crippen LogP contribution is -2.23. The number of hydrogen-bond donors (Lipinski definition) is 1. The smallest absolute Gasteiger partial charge is 0.262 e. The van der Waals surface area contributed by atoms with Crippen molar-refractivity contribution in [3.05, 3.63) is 89.4 Å². The van der Waals surface area contributed by atoms with Gasteiger partial charge in [-0.2, -0.15) is 5.26 Å². The minimum Gasteiger partial charge on any atom is -0.497 e. The van der Waals surface area contributed by atoms with E-state index in [9.17, 15) is 10.1 Å². The summed E-state index contributed by atoms with van der Waals surface area (Å²) in [5, 5.41) is 11.9. The Hall–Kier alpha value is -3.98. The number of rotatable bonds is 8. The van der Waals surface area contributed by atoms with Gasteiger partial charge in [-0.3, -0.25) is 4.79 Å². The van der Waals surface area contributed by atoms with Crippen molar-refractivity contribution in [1.82, 2.24) is 5.32 Å². The van der Waals surface area contributed by atoms with E-state index in [1.807, 2.05) is 30.3 Å². The maximum absolute atomic E-state index is 12.2. The molecule has 0 saturated heterocycles. The Labute approximate surface area is 169 Å². The molecule has 6 nitrogen and oxygen atoms in total. The number of carbonyl (C=O) groups excluding carboxylic acids is 1. The van der Waals surface area contributed by atoms with Gasteiger partial charge in [0.25, 0.3) is 5.91 Å². The van der Waals surface area contributed by atoms with Crippen molar-refractivity contribution in [2.24, 2.45) is 0 Å². The van der Waals surface area contributed by atoms with E-state index in [1.165, 1.54) is 12.3 Å². The lowest BCUT2D eigenvalue weighted by Gasteiger charge is -2.07. The third-order valence-corrected chi connectivity index (χ3v) is 4.12. The first-order valence-electron chi connectivity index (χ1n) is 8.96. The van der Waals surface area contributed by atoms with Gasteiger partial charge in [-0.05, 0) is 53.6 Å². The number of nitriles is 1. The molecule has 0 fully saturated rings. The molecule has 0 bridgehead atoms. The highest BCUT2D eigenvalue weighted by atomic mass is 16.5. The molecular weight excluding hydrogens is 368 g/mol. The Balaban J connectivity index is 1.57. The average Bonchev–Trinajstić information content (AvgIpc) is 3.29. The van der Waals surface area contributed by atoms with Crippen LogP contribution in [0.25, 0.3) is 6.08 Å². The Morgan fingerprint density at radius 2 is 1.83 bits per heavy atom. The van der Waals surface area contributed by atoms with E-state index in [2.05, 4.69) is 5.32 Å². The van der Waals surface area contributed by atoms with Crippen LogP contribution in [0.2, 0.25) is 0 Å². The fourth-order valence-corrected chi connectivity index (χ4v) is 2.54. The fourth-order valence-electron chi connectivity index (χ4n) is 2.54. The number of ether oxygens (including phenoxy) is 2. The normalized spacial score (nSPS) is 10.8. The summed E-state index contributed by atoms with van der Waals surface area (Å²) in [6.07, 6.45) is 3.06. The number of nitrogens with one attached hydrogen (secondary N) is 1. The van der Waals surface area contributed by atoms with Gasteiger partial charge in [0.15, 0.2) is 0 Å². The highest BCUT2D eigenvalue weighted by molar-refractivity contribution is 6.01. The minimum atomic E-state index is -0.455. The number of nitrogens with zero attached hydrogens (tertiary/aromatic N) is 1. The summed E-state index contributed by atoms with van der Waals surface area (Å²) in [4.78, 5) is 12.2. The Kier molecular flexibility index (Phi) is 6.69. The van der Waals surface area contributed by atoms with Gasteiger partial charge >= 0.3 is 0 Å². The van der Waals surface area contributed by atoms with Crippen molar-refractivity contribution < 1.29 is 18.7 Å². The number of hydrogen-bond acceptors (Lipinski definition) is 5. The molecule has 1 N–H and O–H groups in total. The molecule has 0 saturated carbocycles. The molecule has 0 unspecified atom stereocenters. The predicted octanol–water partition coefficient (Wildman–Crippen LogP) is 4.09. The van der Waals surface area contributed by atoms with Gasteiger partial charge in [-0.15, -0.1) is 0 Å². The third kappa shape index (κ3) is 5.75. The summed E-state index contributed by atoms with van der Waals surface area (Å²) in [6, 6.07) is 20.2.